The second-order valence-corrected chi connectivity index (χ2v) is 5.26. The van der Waals surface area contributed by atoms with Crippen molar-refractivity contribution in [1.29, 1.82) is 0 Å². The number of aliphatic hydroxyl groups is 1. The van der Waals surface area contributed by atoms with E-state index in [1.54, 1.807) is 0 Å². The van der Waals surface area contributed by atoms with Gasteiger partial charge in [-0.15, -0.1) is 0 Å². The van der Waals surface area contributed by atoms with E-state index in [1.807, 2.05) is 0 Å². The molecular formula is C14H30N2O. The normalized spacial score (nSPS) is 26.1. The van der Waals surface area contributed by atoms with Gasteiger partial charge in [-0.1, -0.05) is 26.2 Å². The van der Waals surface area contributed by atoms with Gasteiger partial charge in [0.15, 0.2) is 0 Å². The van der Waals surface area contributed by atoms with Crippen LogP contribution in [0.5, 0.6) is 0 Å². The molecule has 2 atom stereocenters. The Balaban J connectivity index is 2.43. The second kappa shape index (κ2) is 8.90. The van der Waals surface area contributed by atoms with E-state index in [2.05, 4.69) is 24.2 Å². The predicted molar refractivity (Wildman–Crippen MR) is 73.2 cm³/mol. The fourth-order valence-electron chi connectivity index (χ4n) is 2.99. The highest BCUT2D eigenvalue weighted by Crippen LogP contribution is 2.24. The molecule has 0 aromatic carbocycles. The molecule has 1 fully saturated rings. The second-order valence-electron chi connectivity index (χ2n) is 5.26. The number of nitrogens with one attached hydrogen (secondary N) is 1. The van der Waals surface area contributed by atoms with Gasteiger partial charge in [0.25, 0.3) is 0 Å². The van der Waals surface area contributed by atoms with Crippen LogP contribution in [0.15, 0.2) is 0 Å². The standard InChI is InChI=1S/C14H30N2O/c1-3-16(10-7-11-17)12-13-8-5-4-6-9-14(13)15-2/h13-15,17H,3-12H2,1-2H3. The van der Waals surface area contributed by atoms with Crippen LogP contribution in [0.3, 0.4) is 0 Å². The summed E-state index contributed by atoms with van der Waals surface area (Å²) in [5, 5.41) is 12.4. The summed E-state index contributed by atoms with van der Waals surface area (Å²) in [6, 6.07) is 0.695. The largest absolute Gasteiger partial charge is 0.396 e. The summed E-state index contributed by atoms with van der Waals surface area (Å²) in [5.74, 6) is 0.793. The Labute approximate surface area is 107 Å². The van der Waals surface area contributed by atoms with Gasteiger partial charge in [-0.2, -0.15) is 0 Å². The van der Waals surface area contributed by atoms with Crippen molar-refractivity contribution in [3.8, 4) is 0 Å². The lowest BCUT2D eigenvalue weighted by Crippen LogP contribution is -2.41. The Morgan fingerprint density at radius 1 is 1.24 bits per heavy atom. The Morgan fingerprint density at radius 2 is 2.00 bits per heavy atom. The quantitative estimate of drug-likeness (QED) is 0.669. The number of nitrogens with zero attached hydrogens (tertiary/aromatic N) is 1. The lowest BCUT2D eigenvalue weighted by molar-refractivity contribution is 0.184. The number of rotatable bonds is 7. The highest BCUT2D eigenvalue weighted by molar-refractivity contribution is 4.80. The summed E-state index contributed by atoms with van der Waals surface area (Å²) >= 11 is 0. The van der Waals surface area contributed by atoms with Gasteiger partial charge in [0.2, 0.25) is 0 Å². The van der Waals surface area contributed by atoms with Crippen LogP contribution in [0.4, 0.5) is 0 Å². The van der Waals surface area contributed by atoms with Gasteiger partial charge in [0.05, 0.1) is 0 Å². The maximum Gasteiger partial charge on any atom is 0.0443 e. The van der Waals surface area contributed by atoms with E-state index >= 15 is 0 Å². The first kappa shape index (κ1) is 14.9. The summed E-state index contributed by atoms with van der Waals surface area (Å²) in [6.07, 6.45) is 7.77. The van der Waals surface area contributed by atoms with Crippen LogP contribution in [0, 0.1) is 5.92 Å². The fraction of sp³-hybridized carbons (Fsp3) is 1.00. The molecule has 3 heteroatoms. The number of hydrogen-bond donors (Lipinski definition) is 2. The number of aliphatic hydroxyl groups excluding tert-OH is 1. The molecule has 0 aromatic rings. The van der Waals surface area contributed by atoms with Crippen LogP contribution in [-0.2, 0) is 0 Å². The fourth-order valence-corrected chi connectivity index (χ4v) is 2.99. The molecule has 0 aliphatic heterocycles. The van der Waals surface area contributed by atoms with Crippen LogP contribution in [0.25, 0.3) is 0 Å². The molecule has 0 radical (unpaired) electrons. The monoisotopic (exact) mass is 242 g/mol. The van der Waals surface area contributed by atoms with E-state index in [0.29, 0.717) is 12.6 Å². The maximum atomic E-state index is 8.92. The van der Waals surface area contributed by atoms with E-state index in [4.69, 9.17) is 5.11 Å². The van der Waals surface area contributed by atoms with Crippen molar-refractivity contribution in [2.45, 2.75) is 51.5 Å². The molecule has 2 N–H and O–H groups in total. The van der Waals surface area contributed by atoms with E-state index in [-0.39, 0.29) is 0 Å². The van der Waals surface area contributed by atoms with Gasteiger partial charge in [0.1, 0.15) is 0 Å². The third-order valence-corrected chi connectivity index (χ3v) is 4.10. The first-order valence-electron chi connectivity index (χ1n) is 7.32. The number of hydrogen-bond acceptors (Lipinski definition) is 3. The zero-order chi connectivity index (χ0) is 12.5. The van der Waals surface area contributed by atoms with Gasteiger partial charge in [0, 0.05) is 25.7 Å². The minimum Gasteiger partial charge on any atom is -0.396 e. The molecule has 1 rings (SSSR count). The van der Waals surface area contributed by atoms with Crippen LogP contribution < -0.4 is 5.32 Å². The smallest absolute Gasteiger partial charge is 0.0443 e. The third-order valence-electron chi connectivity index (χ3n) is 4.10. The van der Waals surface area contributed by atoms with Crippen LogP contribution in [0.2, 0.25) is 0 Å². The summed E-state index contributed by atoms with van der Waals surface area (Å²) in [7, 11) is 2.10. The minimum atomic E-state index is 0.316. The lowest BCUT2D eigenvalue weighted by atomic mass is 9.94. The molecule has 0 amide bonds. The van der Waals surface area contributed by atoms with Crippen molar-refractivity contribution in [3.63, 3.8) is 0 Å². The van der Waals surface area contributed by atoms with Crippen molar-refractivity contribution >= 4 is 0 Å². The topological polar surface area (TPSA) is 35.5 Å². The summed E-state index contributed by atoms with van der Waals surface area (Å²) in [6.45, 7) is 5.88. The zero-order valence-electron chi connectivity index (χ0n) is 11.6. The van der Waals surface area contributed by atoms with Gasteiger partial charge < -0.3 is 15.3 Å². The van der Waals surface area contributed by atoms with Crippen molar-refractivity contribution < 1.29 is 5.11 Å². The minimum absolute atomic E-state index is 0.316. The molecule has 17 heavy (non-hydrogen) atoms. The Kier molecular flexibility index (Phi) is 7.82. The Morgan fingerprint density at radius 3 is 2.65 bits per heavy atom. The summed E-state index contributed by atoms with van der Waals surface area (Å²) in [5.41, 5.74) is 0. The van der Waals surface area contributed by atoms with E-state index in [0.717, 1.165) is 25.4 Å². The SMILES string of the molecule is CCN(CCCO)CC1CCCCCC1NC. The van der Waals surface area contributed by atoms with Crippen LogP contribution in [0.1, 0.15) is 45.4 Å². The molecule has 0 heterocycles. The first-order chi connectivity index (χ1) is 8.31. The van der Waals surface area contributed by atoms with Gasteiger partial charge >= 0.3 is 0 Å². The highest BCUT2D eigenvalue weighted by Gasteiger charge is 2.23. The maximum absolute atomic E-state index is 8.92. The Hall–Kier alpha value is -0.120. The van der Waals surface area contributed by atoms with Crippen molar-refractivity contribution in [1.82, 2.24) is 10.2 Å². The van der Waals surface area contributed by atoms with Gasteiger partial charge in [-0.25, -0.2) is 0 Å². The van der Waals surface area contributed by atoms with Gasteiger partial charge in [-0.05, 0) is 38.8 Å². The van der Waals surface area contributed by atoms with E-state index in [1.165, 1.54) is 38.6 Å². The molecular weight excluding hydrogens is 212 g/mol. The summed E-state index contributed by atoms with van der Waals surface area (Å²) in [4.78, 5) is 2.50. The van der Waals surface area contributed by atoms with Crippen LogP contribution in [-0.4, -0.2) is 49.3 Å². The predicted octanol–water partition coefficient (Wildman–Crippen LogP) is 1.86. The molecule has 0 aromatic heterocycles. The molecule has 2 unspecified atom stereocenters. The molecule has 1 aliphatic carbocycles. The molecule has 1 saturated carbocycles. The molecule has 0 spiro atoms. The van der Waals surface area contributed by atoms with E-state index < -0.39 is 0 Å². The highest BCUT2D eigenvalue weighted by atomic mass is 16.3. The first-order valence-corrected chi connectivity index (χ1v) is 7.32. The van der Waals surface area contributed by atoms with Crippen molar-refractivity contribution in [2.24, 2.45) is 5.92 Å². The average molecular weight is 242 g/mol. The van der Waals surface area contributed by atoms with Gasteiger partial charge in [-0.3, -0.25) is 0 Å². The average Bonchev–Trinajstić information content (AvgIpc) is 2.59. The van der Waals surface area contributed by atoms with Crippen LogP contribution >= 0.6 is 0 Å². The molecule has 3 nitrogen and oxygen atoms in total. The molecule has 102 valence electrons. The summed E-state index contributed by atoms with van der Waals surface area (Å²) < 4.78 is 0. The zero-order valence-corrected chi connectivity index (χ0v) is 11.6. The van der Waals surface area contributed by atoms with Crippen molar-refractivity contribution in [2.75, 3.05) is 33.3 Å². The lowest BCUT2D eigenvalue weighted by Gasteiger charge is -2.30. The molecule has 0 bridgehead atoms. The van der Waals surface area contributed by atoms with E-state index in [9.17, 15) is 0 Å². The molecule has 1 aliphatic rings. The van der Waals surface area contributed by atoms with Crippen molar-refractivity contribution in [3.05, 3.63) is 0 Å². The molecule has 0 saturated heterocycles. The third kappa shape index (κ3) is 5.36. The Bertz CT molecular complexity index is 187.